The summed E-state index contributed by atoms with van der Waals surface area (Å²) < 4.78 is 1.90. The molecule has 1 aromatic rings. The lowest BCUT2D eigenvalue weighted by atomic mass is 10.2. The van der Waals surface area contributed by atoms with Crippen LogP contribution in [-0.4, -0.2) is 27.4 Å². The highest BCUT2D eigenvalue weighted by Crippen LogP contribution is 2.07. The van der Waals surface area contributed by atoms with Crippen LogP contribution < -0.4 is 11.1 Å². The van der Waals surface area contributed by atoms with Gasteiger partial charge in [0, 0.05) is 19.6 Å². The number of aromatic nitrogens is 3. The molecule has 74 valence electrons. The summed E-state index contributed by atoms with van der Waals surface area (Å²) in [6.07, 6.45) is 1.70. The van der Waals surface area contributed by atoms with Gasteiger partial charge in [-0.05, 0) is 13.8 Å². The topological polar surface area (TPSA) is 68.8 Å². The van der Waals surface area contributed by atoms with Gasteiger partial charge in [-0.2, -0.15) is 0 Å². The van der Waals surface area contributed by atoms with Gasteiger partial charge < -0.3 is 15.6 Å². The van der Waals surface area contributed by atoms with Crippen LogP contribution in [0.15, 0.2) is 6.33 Å². The number of nitrogens with one attached hydrogen (secondary N) is 1. The van der Waals surface area contributed by atoms with Gasteiger partial charge in [0.05, 0.1) is 6.04 Å². The van der Waals surface area contributed by atoms with Crippen molar-refractivity contribution in [2.75, 3.05) is 6.54 Å². The molecule has 5 nitrogen and oxygen atoms in total. The molecule has 0 aliphatic rings. The third-order valence-electron chi connectivity index (χ3n) is 2.02. The van der Waals surface area contributed by atoms with E-state index in [2.05, 4.69) is 22.4 Å². The molecule has 5 heteroatoms. The first-order valence-corrected chi connectivity index (χ1v) is 4.45. The van der Waals surface area contributed by atoms with E-state index in [0.717, 1.165) is 5.82 Å². The number of rotatable bonds is 4. The molecule has 2 atom stereocenters. The Balaban J connectivity index is 2.58. The van der Waals surface area contributed by atoms with Crippen molar-refractivity contribution >= 4 is 0 Å². The molecule has 13 heavy (non-hydrogen) atoms. The van der Waals surface area contributed by atoms with Crippen molar-refractivity contribution < 1.29 is 0 Å². The molecule has 1 heterocycles. The van der Waals surface area contributed by atoms with Crippen LogP contribution in [0.25, 0.3) is 0 Å². The maximum atomic E-state index is 5.51. The number of nitrogens with zero attached hydrogens (tertiary/aromatic N) is 3. The molecule has 1 rings (SSSR count). The maximum absolute atomic E-state index is 5.51. The van der Waals surface area contributed by atoms with E-state index in [-0.39, 0.29) is 6.04 Å². The Morgan fingerprint density at radius 2 is 2.31 bits per heavy atom. The molecular formula is C8H17N5. The summed E-state index contributed by atoms with van der Waals surface area (Å²) in [5.74, 6) is 0.931. The fourth-order valence-corrected chi connectivity index (χ4v) is 1.25. The number of aryl methyl sites for hydroxylation is 1. The minimum Gasteiger partial charge on any atom is -0.329 e. The van der Waals surface area contributed by atoms with Crippen molar-refractivity contribution in [3.63, 3.8) is 0 Å². The molecule has 0 saturated heterocycles. The molecule has 1 aromatic heterocycles. The van der Waals surface area contributed by atoms with Crippen LogP contribution >= 0.6 is 0 Å². The molecular weight excluding hydrogens is 166 g/mol. The maximum Gasteiger partial charge on any atom is 0.149 e. The lowest BCUT2D eigenvalue weighted by Gasteiger charge is -2.17. The number of nitrogens with two attached hydrogens (primary N) is 1. The third kappa shape index (κ3) is 2.50. The zero-order chi connectivity index (χ0) is 9.84. The first-order valence-electron chi connectivity index (χ1n) is 4.45. The van der Waals surface area contributed by atoms with Crippen molar-refractivity contribution in [3.05, 3.63) is 12.2 Å². The summed E-state index contributed by atoms with van der Waals surface area (Å²) in [7, 11) is 1.93. The fraction of sp³-hybridized carbons (Fsp3) is 0.750. The summed E-state index contributed by atoms with van der Waals surface area (Å²) in [6.45, 7) is 4.73. The smallest absolute Gasteiger partial charge is 0.149 e. The molecule has 0 spiro atoms. The van der Waals surface area contributed by atoms with Gasteiger partial charge in [0.2, 0.25) is 0 Å². The van der Waals surface area contributed by atoms with Gasteiger partial charge in [-0.1, -0.05) is 0 Å². The summed E-state index contributed by atoms with van der Waals surface area (Å²) in [5.41, 5.74) is 5.51. The first-order chi connectivity index (χ1) is 6.15. The minimum atomic E-state index is 0.186. The van der Waals surface area contributed by atoms with Crippen molar-refractivity contribution in [1.82, 2.24) is 20.1 Å². The average Bonchev–Trinajstić information content (AvgIpc) is 2.51. The number of hydrogen-bond acceptors (Lipinski definition) is 4. The molecule has 3 N–H and O–H groups in total. The van der Waals surface area contributed by atoms with E-state index in [1.807, 2.05) is 18.5 Å². The van der Waals surface area contributed by atoms with E-state index in [9.17, 15) is 0 Å². The quantitative estimate of drug-likeness (QED) is 0.679. The predicted molar refractivity (Wildman–Crippen MR) is 51.1 cm³/mol. The summed E-state index contributed by atoms with van der Waals surface area (Å²) in [4.78, 5) is 0. The molecule has 0 saturated carbocycles. The average molecular weight is 183 g/mol. The Morgan fingerprint density at radius 3 is 2.77 bits per heavy atom. The van der Waals surface area contributed by atoms with Crippen molar-refractivity contribution in [2.45, 2.75) is 25.9 Å². The fourth-order valence-electron chi connectivity index (χ4n) is 1.25. The van der Waals surface area contributed by atoms with Crippen molar-refractivity contribution in [1.29, 1.82) is 0 Å². The van der Waals surface area contributed by atoms with Crippen LogP contribution in [0, 0.1) is 0 Å². The molecule has 0 radical (unpaired) electrons. The second kappa shape index (κ2) is 4.34. The standard InChI is InChI=1S/C8H17N5/c1-6(4-9)11-7(2)8-12-10-5-13(8)3/h5-7,11H,4,9H2,1-3H3. The molecule has 0 aliphatic carbocycles. The van der Waals surface area contributed by atoms with Crippen LogP contribution in [0.2, 0.25) is 0 Å². The second-order valence-electron chi connectivity index (χ2n) is 3.33. The summed E-state index contributed by atoms with van der Waals surface area (Å²) in [6, 6.07) is 0.484. The molecule has 0 amide bonds. The molecule has 0 aromatic carbocycles. The largest absolute Gasteiger partial charge is 0.329 e. The van der Waals surface area contributed by atoms with Crippen LogP contribution in [0.4, 0.5) is 0 Å². The monoisotopic (exact) mass is 183 g/mol. The van der Waals surface area contributed by atoms with E-state index in [1.54, 1.807) is 6.33 Å². The van der Waals surface area contributed by atoms with Gasteiger partial charge in [0.15, 0.2) is 0 Å². The van der Waals surface area contributed by atoms with Gasteiger partial charge in [0.1, 0.15) is 12.2 Å². The Morgan fingerprint density at radius 1 is 1.62 bits per heavy atom. The highest BCUT2D eigenvalue weighted by molar-refractivity contribution is 4.92. The van der Waals surface area contributed by atoms with Gasteiger partial charge in [-0.25, -0.2) is 0 Å². The van der Waals surface area contributed by atoms with Crippen LogP contribution in [0.5, 0.6) is 0 Å². The predicted octanol–water partition coefficient (Wildman–Crippen LogP) is -0.187. The van der Waals surface area contributed by atoms with Gasteiger partial charge >= 0.3 is 0 Å². The molecule has 0 fully saturated rings. The van der Waals surface area contributed by atoms with Crippen LogP contribution in [-0.2, 0) is 7.05 Å². The van der Waals surface area contributed by atoms with E-state index < -0.39 is 0 Å². The minimum absolute atomic E-state index is 0.186. The van der Waals surface area contributed by atoms with E-state index >= 15 is 0 Å². The van der Waals surface area contributed by atoms with Gasteiger partial charge in [-0.15, -0.1) is 10.2 Å². The number of hydrogen-bond donors (Lipinski definition) is 2. The van der Waals surface area contributed by atoms with Gasteiger partial charge in [-0.3, -0.25) is 0 Å². The molecule has 0 bridgehead atoms. The lowest BCUT2D eigenvalue weighted by molar-refractivity contribution is 0.459. The van der Waals surface area contributed by atoms with Gasteiger partial charge in [0.25, 0.3) is 0 Å². The van der Waals surface area contributed by atoms with Crippen LogP contribution in [0.3, 0.4) is 0 Å². The highest BCUT2D eigenvalue weighted by Gasteiger charge is 2.12. The van der Waals surface area contributed by atoms with Crippen molar-refractivity contribution in [3.8, 4) is 0 Å². The summed E-state index contributed by atoms with van der Waals surface area (Å²) >= 11 is 0. The van der Waals surface area contributed by atoms with E-state index in [1.165, 1.54) is 0 Å². The molecule has 0 aliphatic heterocycles. The van der Waals surface area contributed by atoms with E-state index in [0.29, 0.717) is 12.6 Å². The Hall–Kier alpha value is -0.940. The van der Waals surface area contributed by atoms with Crippen molar-refractivity contribution in [2.24, 2.45) is 12.8 Å². The Kier molecular flexibility index (Phi) is 3.39. The highest BCUT2D eigenvalue weighted by atomic mass is 15.3. The zero-order valence-electron chi connectivity index (χ0n) is 8.36. The van der Waals surface area contributed by atoms with E-state index in [4.69, 9.17) is 5.73 Å². The van der Waals surface area contributed by atoms with Crippen LogP contribution in [0.1, 0.15) is 25.7 Å². The SMILES string of the molecule is CC(CN)NC(C)c1nncn1C. The Bertz CT molecular complexity index is 257. The molecule has 2 unspecified atom stereocenters. The summed E-state index contributed by atoms with van der Waals surface area (Å²) in [5, 5.41) is 11.2. The first kappa shape index (κ1) is 10.1. The third-order valence-corrected chi connectivity index (χ3v) is 2.02. The lowest BCUT2D eigenvalue weighted by Crippen LogP contribution is -2.35. The Labute approximate surface area is 78.3 Å². The zero-order valence-corrected chi connectivity index (χ0v) is 8.36. The normalized spacial score (nSPS) is 15.7. The second-order valence-corrected chi connectivity index (χ2v) is 3.33.